The van der Waals surface area contributed by atoms with E-state index in [1.165, 1.54) is 120 Å². The lowest BCUT2D eigenvalue weighted by Gasteiger charge is -2.23. The molecule has 0 spiro atoms. The molecule has 0 radical (unpaired) electrons. The molecule has 0 saturated carbocycles. The molecule has 0 N–H and O–H groups in total. The second kappa shape index (κ2) is 12.0. The summed E-state index contributed by atoms with van der Waals surface area (Å²) in [5.41, 5.74) is 12.9. The molecule has 266 valence electrons. The Morgan fingerprint density at radius 3 is 1.44 bits per heavy atom. The highest BCUT2D eigenvalue weighted by atomic mass is 14.4. The Bertz CT molecular complexity index is 3450. The van der Waals surface area contributed by atoms with Gasteiger partial charge in [-0.1, -0.05) is 184 Å². The molecule has 1 aliphatic carbocycles. The van der Waals surface area contributed by atoms with E-state index in [9.17, 15) is 0 Å². The lowest BCUT2D eigenvalue weighted by molar-refractivity contribution is 0.660. The summed E-state index contributed by atoms with van der Waals surface area (Å²) in [7, 11) is 0. The van der Waals surface area contributed by atoms with Crippen LogP contribution >= 0.6 is 0 Å². The van der Waals surface area contributed by atoms with E-state index in [2.05, 4.69) is 208 Å². The fourth-order valence-electron chi connectivity index (χ4n) is 10.3. The molecule has 1 aliphatic rings. The number of benzene rings is 11. The third-order valence-corrected chi connectivity index (χ3v) is 13.0. The van der Waals surface area contributed by atoms with Crippen LogP contribution in [-0.4, -0.2) is 0 Å². The first-order valence-corrected chi connectivity index (χ1v) is 20.1. The highest BCUT2D eigenvalue weighted by Gasteiger charge is 2.35. The minimum atomic E-state index is -0.0955. The second-order valence-corrected chi connectivity index (χ2v) is 16.4. The van der Waals surface area contributed by atoms with Gasteiger partial charge < -0.3 is 0 Å². The van der Waals surface area contributed by atoms with Gasteiger partial charge in [0.1, 0.15) is 0 Å². The van der Waals surface area contributed by atoms with Crippen molar-refractivity contribution in [3.63, 3.8) is 0 Å². The average molecular weight is 723 g/mol. The first-order valence-electron chi connectivity index (χ1n) is 20.1. The predicted octanol–water partition coefficient (Wildman–Crippen LogP) is 15.9. The quantitative estimate of drug-likeness (QED) is 0.126. The van der Waals surface area contributed by atoms with E-state index in [1.54, 1.807) is 0 Å². The fraction of sp³-hybridized carbons (Fsp3) is 0.0526. The monoisotopic (exact) mass is 722 g/mol. The molecule has 12 rings (SSSR count). The van der Waals surface area contributed by atoms with Crippen molar-refractivity contribution in [2.45, 2.75) is 19.3 Å². The van der Waals surface area contributed by atoms with E-state index in [1.807, 2.05) is 0 Å². The molecule has 0 unspecified atom stereocenters. The SMILES string of the molecule is CC1(C)c2ccccc2-c2ccc(-c3c4ccccc4c(-c4ccc5c6ccccc6c6ccccc6c5c4)c4ccc(-c5ccc6ccccc6c5)cc34)cc21. The molecule has 0 aromatic heterocycles. The van der Waals surface area contributed by atoms with Gasteiger partial charge in [-0.2, -0.15) is 0 Å². The lowest BCUT2D eigenvalue weighted by atomic mass is 9.80. The molecule has 0 amide bonds. The van der Waals surface area contributed by atoms with Crippen molar-refractivity contribution >= 4 is 64.6 Å². The molecule has 0 atom stereocenters. The third-order valence-electron chi connectivity index (χ3n) is 13.0. The van der Waals surface area contributed by atoms with Crippen LogP contribution in [0.25, 0.3) is 109 Å². The van der Waals surface area contributed by atoms with Crippen LogP contribution < -0.4 is 0 Å². The maximum absolute atomic E-state index is 2.49. The van der Waals surface area contributed by atoms with Gasteiger partial charge in [0.15, 0.2) is 0 Å². The summed E-state index contributed by atoms with van der Waals surface area (Å²) < 4.78 is 0. The summed E-state index contributed by atoms with van der Waals surface area (Å²) in [6, 6.07) is 72.9. The van der Waals surface area contributed by atoms with Crippen LogP contribution in [-0.2, 0) is 5.41 Å². The van der Waals surface area contributed by atoms with Crippen molar-refractivity contribution in [2.24, 2.45) is 0 Å². The summed E-state index contributed by atoms with van der Waals surface area (Å²) in [5, 5.41) is 15.4. The van der Waals surface area contributed by atoms with Gasteiger partial charge >= 0.3 is 0 Å². The molecule has 11 aromatic rings. The maximum atomic E-state index is 2.49. The molecular weight excluding hydrogens is 685 g/mol. The Morgan fingerprint density at radius 1 is 0.263 bits per heavy atom. The molecule has 57 heavy (non-hydrogen) atoms. The Balaban J connectivity index is 1.17. The van der Waals surface area contributed by atoms with Crippen molar-refractivity contribution in [3.8, 4) is 44.5 Å². The molecule has 0 aliphatic heterocycles. The predicted molar refractivity (Wildman–Crippen MR) is 245 cm³/mol. The van der Waals surface area contributed by atoms with Crippen LogP contribution in [0.4, 0.5) is 0 Å². The van der Waals surface area contributed by atoms with E-state index in [0.29, 0.717) is 0 Å². The maximum Gasteiger partial charge on any atom is 0.0159 e. The molecule has 0 heterocycles. The topological polar surface area (TPSA) is 0 Å². The van der Waals surface area contributed by atoms with Crippen LogP contribution in [0.15, 0.2) is 194 Å². The summed E-state index contributed by atoms with van der Waals surface area (Å²) in [6.45, 7) is 4.76. The average Bonchev–Trinajstić information content (AvgIpc) is 3.50. The Labute approximate surface area is 332 Å². The van der Waals surface area contributed by atoms with E-state index in [4.69, 9.17) is 0 Å². The molecule has 0 nitrogen and oxygen atoms in total. The van der Waals surface area contributed by atoms with E-state index >= 15 is 0 Å². The van der Waals surface area contributed by atoms with Gasteiger partial charge in [0.25, 0.3) is 0 Å². The van der Waals surface area contributed by atoms with Crippen LogP contribution in [0.1, 0.15) is 25.0 Å². The highest BCUT2D eigenvalue weighted by Crippen LogP contribution is 2.52. The van der Waals surface area contributed by atoms with Gasteiger partial charge in [-0.3, -0.25) is 0 Å². The second-order valence-electron chi connectivity index (χ2n) is 16.4. The molecule has 0 fully saturated rings. The van der Waals surface area contributed by atoms with Gasteiger partial charge in [-0.15, -0.1) is 0 Å². The number of fused-ring (bicyclic) bond motifs is 12. The van der Waals surface area contributed by atoms with Gasteiger partial charge in [0, 0.05) is 5.41 Å². The summed E-state index contributed by atoms with van der Waals surface area (Å²) in [4.78, 5) is 0. The van der Waals surface area contributed by atoms with Crippen LogP contribution in [0.5, 0.6) is 0 Å². The first-order chi connectivity index (χ1) is 28.0. The van der Waals surface area contributed by atoms with Crippen molar-refractivity contribution in [1.29, 1.82) is 0 Å². The molecule has 0 heteroatoms. The Hall–Kier alpha value is -7.02. The molecule has 0 bridgehead atoms. The minimum absolute atomic E-state index is 0.0955. The van der Waals surface area contributed by atoms with Crippen LogP contribution in [0.3, 0.4) is 0 Å². The van der Waals surface area contributed by atoms with Crippen molar-refractivity contribution < 1.29 is 0 Å². The molecule has 0 saturated heterocycles. The standard InChI is InChI=1S/C57H38/c1-57(2)53-22-12-11-19-46(53)47-29-27-40(34-54(47)57)56-49-21-10-9-20-48(49)55(50-30-25-38(32-52(50)56)37-24-23-35-13-3-4-14-36(35)31-37)39-26-28-45-43-17-6-5-15-41(43)42-16-7-8-18-44(42)51(45)33-39/h3-34H,1-2H3. The summed E-state index contributed by atoms with van der Waals surface area (Å²) >= 11 is 0. The first kappa shape index (κ1) is 32.2. The molecule has 11 aromatic carbocycles. The van der Waals surface area contributed by atoms with Crippen molar-refractivity contribution in [2.75, 3.05) is 0 Å². The normalized spacial score (nSPS) is 13.2. The fourth-order valence-corrected chi connectivity index (χ4v) is 10.3. The summed E-state index contributed by atoms with van der Waals surface area (Å²) in [6.07, 6.45) is 0. The van der Waals surface area contributed by atoms with Crippen molar-refractivity contribution in [3.05, 3.63) is 205 Å². The largest absolute Gasteiger partial charge is 0.0619 e. The number of rotatable bonds is 3. The van der Waals surface area contributed by atoms with Gasteiger partial charge in [0.05, 0.1) is 0 Å². The van der Waals surface area contributed by atoms with E-state index < -0.39 is 0 Å². The van der Waals surface area contributed by atoms with Crippen molar-refractivity contribution in [1.82, 2.24) is 0 Å². The van der Waals surface area contributed by atoms with Gasteiger partial charge in [0.2, 0.25) is 0 Å². The highest BCUT2D eigenvalue weighted by molar-refractivity contribution is 6.27. The number of hydrogen-bond donors (Lipinski definition) is 0. The van der Waals surface area contributed by atoms with E-state index in [-0.39, 0.29) is 5.41 Å². The summed E-state index contributed by atoms with van der Waals surface area (Å²) in [5.74, 6) is 0. The zero-order valence-corrected chi connectivity index (χ0v) is 32.0. The van der Waals surface area contributed by atoms with Crippen LogP contribution in [0.2, 0.25) is 0 Å². The molecular formula is C57H38. The smallest absolute Gasteiger partial charge is 0.0159 e. The number of hydrogen-bond acceptors (Lipinski definition) is 0. The van der Waals surface area contributed by atoms with Gasteiger partial charge in [-0.25, -0.2) is 0 Å². The van der Waals surface area contributed by atoms with Gasteiger partial charge in [-0.05, 0) is 145 Å². The van der Waals surface area contributed by atoms with Crippen LogP contribution in [0, 0.1) is 0 Å². The zero-order valence-electron chi connectivity index (χ0n) is 32.0. The third kappa shape index (κ3) is 4.68. The van der Waals surface area contributed by atoms with E-state index in [0.717, 1.165) is 0 Å². The Morgan fingerprint density at radius 2 is 0.702 bits per heavy atom. The zero-order chi connectivity index (χ0) is 37.8. The Kier molecular flexibility index (Phi) is 6.78. The minimum Gasteiger partial charge on any atom is -0.0619 e. The lowest BCUT2D eigenvalue weighted by Crippen LogP contribution is -2.14.